The van der Waals surface area contributed by atoms with Crippen LogP contribution in [-0.4, -0.2) is 46.1 Å². The Morgan fingerprint density at radius 3 is 2.14 bits per heavy atom. The van der Waals surface area contributed by atoms with Crippen molar-refractivity contribution < 1.29 is 18.1 Å². The molecule has 0 atom stereocenters. The van der Waals surface area contributed by atoms with E-state index in [-0.39, 0.29) is 5.91 Å². The van der Waals surface area contributed by atoms with Gasteiger partial charge in [0.15, 0.2) is 0 Å². The molecule has 124 valence electrons. The fourth-order valence-corrected chi connectivity index (χ4v) is 4.73. The van der Waals surface area contributed by atoms with Gasteiger partial charge in [-0.2, -0.15) is 0 Å². The average molecular weight is 326 g/mol. The molecule has 1 aromatic heterocycles. The molecule has 0 saturated heterocycles. The molecule has 1 heterocycles. The third kappa shape index (κ3) is 6.23. The number of pyridine rings is 1. The van der Waals surface area contributed by atoms with E-state index in [2.05, 4.69) is 10.3 Å². The molecule has 0 fully saturated rings. The van der Waals surface area contributed by atoms with E-state index in [1.165, 1.54) is 0 Å². The number of rotatable bonds is 11. The van der Waals surface area contributed by atoms with Crippen molar-refractivity contribution in [1.29, 1.82) is 0 Å². The van der Waals surface area contributed by atoms with Crippen LogP contribution in [0, 0.1) is 0 Å². The van der Waals surface area contributed by atoms with Gasteiger partial charge in [0.1, 0.15) is 0 Å². The number of carbonyl (C=O) groups is 1. The normalized spacial score (nSPS) is 11.4. The fourth-order valence-electron chi connectivity index (χ4n) is 2.11. The zero-order valence-corrected chi connectivity index (χ0v) is 14.6. The molecule has 1 rings (SSSR count). The van der Waals surface area contributed by atoms with Crippen molar-refractivity contribution in [2.75, 3.05) is 26.4 Å². The first-order valence-corrected chi connectivity index (χ1v) is 9.70. The van der Waals surface area contributed by atoms with E-state index in [9.17, 15) is 4.79 Å². The molecule has 0 aliphatic heterocycles. The summed E-state index contributed by atoms with van der Waals surface area (Å²) >= 11 is 0. The lowest BCUT2D eigenvalue weighted by Crippen LogP contribution is -2.46. The smallest absolute Gasteiger partial charge is 0.374 e. The largest absolute Gasteiger partial charge is 0.500 e. The van der Waals surface area contributed by atoms with Crippen LogP contribution in [0.25, 0.3) is 0 Å². The predicted octanol–water partition coefficient (Wildman–Crippen LogP) is 2.25. The second-order valence-corrected chi connectivity index (χ2v) is 7.31. The molecule has 0 radical (unpaired) electrons. The van der Waals surface area contributed by atoms with Gasteiger partial charge in [0.2, 0.25) is 0 Å². The van der Waals surface area contributed by atoms with E-state index in [4.69, 9.17) is 13.3 Å². The molecule has 22 heavy (non-hydrogen) atoms. The van der Waals surface area contributed by atoms with Gasteiger partial charge in [-0.3, -0.25) is 9.78 Å². The Morgan fingerprint density at radius 2 is 1.64 bits per heavy atom. The zero-order chi connectivity index (χ0) is 16.3. The van der Waals surface area contributed by atoms with Crippen molar-refractivity contribution in [3.8, 4) is 0 Å². The van der Waals surface area contributed by atoms with Crippen LogP contribution in [0.5, 0.6) is 0 Å². The lowest BCUT2D eigenvalue weighted by atomic mass is 10.2. The SMILES string of the molecule is CCO[Si](CCCNC(=O)c1ccncc1)(OCC)OCC. The van der Waals surface area contributed by atoms with Crippen LogP contribution in [0.4, 0.5) is 0 Å². The topological polar surface area (TPSA) is 69.7 Å². The van der Waals surface area contributed by atoms with Gasteiger partial charge >= 0.3 is 8.80 Å². The molecule has 7 heteroatoms. The summed E-state index contributed by atoms with van der Waals surface area (Å²) < 4.78 is 17.3. The van der Waals surface area contributed by atoms with Gasteiger partial charge in [-0.1, -0.05) is 0 Å². The maximum Gasteiger partial charge on any atom is 0.500 e. The summed E-state index contributed by atoms with van der Waals surface area (Å²) in [6.45, 7) is 8.06. The third-order valence-corrected chi connectivity index (χ3v) is 6.13. The van der Waals surface area contributed by atoms with Gasteiger partial charge in [-0.05, 0) is 39.3 Å². The molecule has 0 spiro atoms. The van der Waals surface area contributed by atoms with Crippen molar-refractivity contribution in [3.63, 3.8) is 0 Å². The predicted molar refractivity (Wildman–Crippen MR) is 86.6 cm³/mol. The minimum Gasteiger partial charge on any atom is -0.374 e. The van der Waals surface area contributed by atoms with Crippen molar-refractivity contribution in [2.24, 2.45) is 0 Å². The summed E-state index contributed by atoms with van der Waals surface area (Å²) in [6, 6.07) is 4.07. The summed E-state index contributed by atoms with van der Waals surface area (Å²) in [5.74, 6) is -0.0982. The van der Waals surface area contributed by atoms with Crippen LogP contribution in [0.3, 0.4) is 0 Å². The standard InChI is InChI=1S/C15H26N2O4Si/c1-4-19-22(20-5-2,21-6-3)13-7-10-17-15(18)14-8-11-16-12-9-14/h8-9,11-12H,4-7,10,13H2,1-3H3,(H,17,18). The Morgan fingerprint density at radius 1 is 1.09 bits per heavy atom. The lowest BCUT2D eigenvalue weighted by molar-refractivity contribution is 0.0705. The van der Waals surface area contributed by atoms with Gasteiger partial charge in [-0.25, -0.2) is 0 Å². The molecule has 0 aromatic carbocycles. The first kappa shape index (κ1) is 18.8. The average Bonchev–Trinajstić information content (AvgIpc) is 2.53. The highest BCUT2D eigenvalue weighted by atomic mass is 28.4. The summed E-state index contributed by atoms with van der Waals surface area (Å²) in [7, 11) is -2.61. The van der Waals surface area contributed by atoms with E-state index in [0.717, 1.165) is 6.42 Å². The van der Waals surface area contributed by atoms with Crippen LogP contribution in [-0.2, 0) is 13.3 Å². The van der Waals surface area contributed by atoms with Gasteiger partial charge in [0.25, 0.3) is 5.91 Å². The second-order valence-electron chi connectivity index (χ2n) is 4.58. The maximum atomic E-state index is 11.9. The van der Waals surface area contributed by atoms with Crippen molar-refractivity contribution in [1.82, 2.24) is 10.3 Å². The van der Waals surface area contributed by atoms with Crippen LogP contribution in [0.15, 0.2) is 24.5 Å². The number of hydrogen-bond acceptors (Lipinski definition) is 5. The number of carbonyl (C=O) groups excluding carboxylic acids is 1. The quantitative estimate of drug-likeness (QED) is 0.499. The van der Waals surface area contributed by atoms with E-state index in [0.29, 0.717) is 38.0 Å². The third-order valence-electron chi connectivity index (χ3n) is 2.98. The molecule has 0 saturated carbocycles. The molecule has 1 N–H and O–H groups in total. The van der Waals surface area contributed by atoms with E-state index in [1.807, 2.05) is 20.8 Å². The van der Waals surface area contributed by atoms with Crippen molar-refractivity contribution in [3.05, 3.63) is 30.1 Å². The van der Waals surface area contributed by atoms with Crippen LogP contribution < -0.4 is 5.32 Å². The number of nitrogens with one attached hydrogen (secondary N) is 1. The number of nitrogens with zero attached hydrogens (tertiary/aromatic N) is 1. The first-order valence-electron chi connectivity index (χ1n) is 7.77. The summed E-state index contributed by atoms with van der Waals surface area (Å²) in [5.41, 5.74) is 0.609. The van der Waals surface area contributed by atoms with Crippen LogP contribution >= 0.6 is 0 Å². The number of amides is 1. The highest BCUT2D eigenvalue weighted by Gasteiger charge is 2.39. The Bertz CT molecular complexity index is 414. The summed E-state index contributed by atoms with van der Waals surface area (Å²) in [5, 5.41) is 2.89. The Labute approximate surface area is 133 Å². The van der Waals surface area contributed by atoms with Crippen molar-refractivity contribution in [2.45, 2.75) is 33.2 Å². The molecule has 0 unspecified atom stereocenters. The summed E-state index contributed by atoms with van der Waals surface area (Å²) in [6.07, 6.45) is 3.96. The monoisotopic (exact) mass is 326 g/mol. The molecule has 6 nitrogen and oxygen atoms in total. The van der Waals surface area contributed by atoms with Gasteiger partial charge in [0.05, 0.1) is 0 Å². The highest BCUT2D eigenvalue weighted by Crippen LogP contribution is 2.17. The minimum atomic E-state index is -2.61. The van der Waals surface area contributed by atoms with Gasteiger partial charge in [0, 0.05) is 50.4 Å². The minimum absolute atomic E-state index is 0.0982. The van der Waals surface area contributed by atoms with Gasteiger partial charge in [-0.15, -0.1) is 0 Å². The molecule has 0 aliphatic rings. The zero-order valence-electron chi connectivity index (χ0n) is 13.6. The van der Waals surface area contributed by atoms with Crippen molar-refractivity contribution >= 4 is 14.7 Å². The van der Waals surface area contributed by atoms with E-state index >= 15 is 0 Å². The van der Waals surface area contributed by atoms with Crippen LogP contribution in [0.2, 0.25) is 6.04 Å². The van der Waals surface area contributed by atoms with E-state index in [1.54, 1.807) is 24.5 Å². The molecule has 0 aliphatic carbocycles. The number of hydrogen-bond donors (Lipinski definition) is 1. The molecule has 1 aromatic rings. The lowest BCUT2D eigenvalue weighted by Gasteiger charge is -2.28. The first-order chi connectivity index (χ1) is 10.7. The molecule has 0 bridgehead atoms. The molecular weight excluding hydrogens is 300 g/mol. The highest BCUT2D eigenvalue weighted by molar-refractivity contribution is 6.60. The Balaban J connectivity index is 2.43. The molecular formula is C15H26N2O4Si. The summed E-state index contributed by atoms with van der Waals surface area (Å²) in [4.78, 5) is 15.8. The Hall–Kier alpha value is -1.28. The van der Waals surface area contributed by atoms with Crippen LogP contribution in [0.1, 0.15) is 37.6 Å². The maximum absolute atomic E-state index is 11.9. The molecule has 1 amide bonds. The Kier molecular flexibility index (Phi) is 8.91. The van der Waals surface area contributed by atoms with E-state index < -0.39 is 8.80 Å². The second kappa shape index (κ2) is 10.4. The van der Waals surface area contributed by atoms with Gasteiger partial charge < -0.3 is 18.6 Å². The number of aromatic nitrogens is 1. The fraction of sp³-hybridized carbons (Fsp3) is 0.600.